The number of hydrogen-bond acceptors (Lipinski definition) is 3. The third-order valence-electron chi connectivity index (χ3n) is 4.22. The SMILES string of the molecule is CC1(C(=O)O)CCCN(C(=O)Cc2cccc(OCC(F)(F)F)c2)C1. The first kappa shape index (κ1) is 19.1. The van der Waals surface area contributed by atoms with Gasteiger partial charge in [-0.25, -0.2) is 0 Å². The number of hydrogen-bond donors (Lipinski definition) is 1. The van der Waals surface area contributed by atoms with Crippen molar-refractivity contribution in [3.8, 4) is 5.75 Å². The van der Waals surface area contributed by atoms with E-state index >= 15 is 0 Å². The number of benzene rings is 1. The van der Waals surface area contributed by atoms with E-state index in [0.717, 1.165) is 0 Å². The van der Waals surface area contributed by atoms with E-state index in [1.165, 1.54) is 23.1 Å². The first-order valence-electron chi connectivity index (χ1n) is 7.89. The number of ether oxygens (including phenoxy) is 1. The van der Waals surface area contributed by atoms with Crippen molar-refractivity contribution in [2.45, 2.75) is 32.4 Å². The number of carboxylic acid groups (broad SMARTS) is 1. The fourth-order valence-corrected chi connectivity index (χ4v) is 2.82. The largest absolute Gasteiger partial charge is 0.484 e. The first-order chi connectivity index (χ1) is 11.6. The highest BCUT2D eigenvalue weighted by Gasteiger charge is 2.39. The van der Waals surface area contributed by atoms with E-state index in [-0.39, 0.29) is 24.6 Å². The molecule has 1 heterocycles. The quantitative estimate of drug-likeness (QED) is 0.878. The molecule has 1 aliphatic rings. The van der Waals surface area contributed by atoms with Gasteiger partial charge in [0.1, 0.15) is 5.75 Å². The molecule has 0 spiro atoms. The molecule has 1 unspecified atom stereocenters. The summed E-state index contributed by atoms with van der Waals surface area (Å²) in [6, 6.07) is 5.93. The van der Waals surface area contributed by atoms with Crippen LogP contribution < -0.4 is 4.74 Å². The topological polar surface area (TPSA) is 66.8 Å². The monoisotopic (exact) mass is 359 g/mol. The molecule has 8 heteroatoms. The molecular formula is C17H20F3NO4. The lowest BCUT2D eigenvalue weighted by molar-refractivity contribution is -0.154. The van der Waals surface area contributed by atoms with Crippen molar-refractivity contribution in [3.05, 3.63) is 29.8 Å². The van der Waals surface area contributed by atoms with Gasteiger partial charge < -0.3 is 14.7 Å². The maximum Gasteiger partial charge on any atom is 0.422 e. The number of aliphatic carboxylic acids is 1. The Labute approximate surface area is 143 Å². The molecule has 1 aliphatic heterocycles. The van der Waals surface area contributed by atoms with E-state index in [0.29, 0.717) is 24.9 Å². The number of likely N-dealkylation sites (tertiary alicyclic amines) is 1. The number of halogens is 3. The van der Waals surface area contributed by atoms with Gasteiger partial charge in [-0.1, -0.05) is 12.1 Å². The second-order valence-electron chi connectivity index (χ2n) is 6.51. The Hall–Kier alpha value is -2.25. The lowest BCUT2D eigenvalue weighted by atomic mass is 9.82. The molecule has 1 N–H and O–H groups in total. The fraction of sp³-hybridized carbons (Fsp3) is 0.529. The standard InChI is InChI=1S/C17H20F3NO4/c1-16(15(23)24)6-3-7-21(10-16)14(22)9-12-4-2-5-13(8-12)25-11-17(18,19)20/h2,4-5,8H,3,6-7,9-11H2,1H3,(H,23,24). The summed E-state index contributed by atoms with van der Waals surface area (Å²) >= 11 is 0. The number of nitrogens with zero attached hydrogens (tertiary/aromatic N) is 1. The van der Waals surface area contributed by atoms with Crippen molar-refractivity contribution in [1.29, 1.82) is 0 Å². The van der Waals surface area contributed by atoms with E-state index in [1.54, 1.807) is 13.0 Å². The van der Waals surface area contributed by atoms with E-state index in [1.807, 2.05) is 0 Å². The van der Waals surface area contributed by atoms with Crippen LogP contribution in [0.1, 0.15) is 25.3 Å². The zero-order valence-electron chi connectivity index (χ0n) is 13.8. The number of piperidine rings is 1. The first-order valence-corrected chi connectivity index (χ1v) is 7.89. The van der Waals surface area contributed by atoms with Gasteiger partial charge in [-0.05, 0) is 37.5 Å². The summed E-state index contributed by atoms with van der Waals surface area (Å²) in [4.78, 5) is 25.3. The molecule has 5 nitrogen and oxygen atoms in total. The summed E-state index contributed by atoms with van der Waals surface area (Å²) in [6.07, 6.45) is -3.34. The molecule has 1 aromatic rings. The molecule has 1 amide bonds. The summed E-state index contributed by atoms with van der Waals surface area (Å²) in [7, 11) is 0. The number of carboxylic acids is 1. The Balaban J connectivity index is 1.99. The van der Waals surface area contributed by atoms with Crippen LogP contribution >= 0.6 is 0 Å². The highest BCUT2D eigenvalue weighted by atomic mass is 19.4. The van der Waals surface area contributed by atoms with Crippen molar-refractivity contribution in [2.24, 2.45) is 5.41 Å². The molecule has 0 aromatic heterocycles. The van der Waals surface area contributed by atoms with Gasteiger partial charge in [0.15, 0.2) is 6.61 Å². The minimum Gasteiger partial charge on any atom is -0.484 e. The number of carbonyl (C=O) groups excluding carboxylic acids is 1. The number of amides is 1. The normalized spacial score (nSPS) is 21.0. The van der Waals surface area contributed by atoms with Crippen LogP contribution in [-0.2, 0) is 16.0 Å². The molecule has 0 bridgehead atoms. The minimum absolute atomic E-state index is 0.0150. The van der Waals surface area contributed by atoms with Crippen LogP contribution in [-0.4, -0.2) is 47.8 Å². The van der Waals surface area contributed by atoms with Crippen molar-refractivity contribution in [2.75, 3.05) is 19.7 Å². The maximum absolute atomic E-state index is 12.4. The number of alkyl halides is 3. The van der Waals surface area contributed by atoms with Gasteiger partial charge in [-0.2, -0.15) is 13.2 Å². The average molecular weight is 359 g/mol. The van der Waals surface area contributed by atoms with Crippen molar-refractivity contribution >= 4 is 11.9 Å². The molecule has 1 atom stereocenters. The van der Waals surface area contributed by atoms with Gasteiger partial charge in [0.05, 0.1) is 11.8 Å². The summed E-state index contributed by atoms with van der Waals surface area (Å²) < 4.78 is 41.3. The van der Waals surface area contributed by atoms with Gasteiger partial charge in [-0.3, -0.25) is 9.59 Å². The summed E-state index contributed by atoms with van der Waals surface area (Å²) in [6.45, 7) is 0.825. The van der Waals surface area contributed by atoms with Crippen LogP contribution in [0.25, 0.3) is 0 Å². The van der Waals surface area contributed by atoms with Gasteiger partial charge >= 0.3 is 12.1 Å². The van der Waals surface area contributed by atoms with E-state index in [9.17, 15) is 27.9 Å². The van der Waals surface area contributed by atoms with Gasteiger partial charge in [0.25, 0.3) is 0 Å². The molecule has 1 aromatic carbocycles. The third kappa shape index (κ3) is 5.37. The van der Waals surface area contributed by atoms with E-state index < -0.39 is 24.2 Å². The number of carbonyl (C=O) groups is 2. The zero-order chi connectivity index (χ0) is 18.7. The molecule has 138 valence electrons. The molecule has 2 rings (SSSR count). The molecule has 0 radical (unpaired) electrons. The Morgan fingerprint density at radius 3 is 2.72 bits per heavy atom. The molecular weight excluding hydrogens is 339 g/mol. The van der Waals surface area contributed by atoms with Crippen molar-refractivity contribution < 1.29 is 32.6 Å². The molecule has 1 fully saturated rings. The van der Waals surface area contributed by atoms with Crippen LogP contribution in [0.2, 0.25) is 0 Å². The van der Waals surface area contributed by atoms with Crippen LogP contribution in [0, 0.1) is 5.41 Å². The number of rotatable bonds is 5. The van der Waals surface area contributed by atoms with E-state index in [4.69, 9.17) is 0 Å². The predicted molar refractivity (Wildman–Crippen MR) is 83.3 cm³/mol. The summed E-state index contributed by atoms with van der Waals surface area (Å²) in [5.74, 6) is -1.15. The Morgan fingerprint density at radius 1 is 1.36 bits per heavy atom. The second kappa shape index (κ2) is 7.33. The Morgan fingerprint density at radius 2 is 2.08 bits per heavy atom. The third-order valence-corrected chi connectivity index (χ3v) is 4.22. The smallest absolute Gasteiger partial charge is 0.422 e. The zero-order valence-corrected chi connectivity index (χ0v) is 13.8. The predicted octanol–water partition coefficient (Wildman–Crippen LogP) is 2.88. The summed E-state index contributed by atoms with van der Waals surface area (Å²) in [5, 5.41) is 9.30. The van der Waals surface area contributed by atoms with Gasteiger partial charge in [-0.15, -0.1) is 0 Å². The molecule has 0 aliphatic carbocycles. The van der Waals surface area contributed by atoms with E-state index in [2.05, 4.69) is 4.74 Å². The average Bonchev–Trinajstić information content (AvgIpc) is 2.52. The fourth-order valence-electron chi connectivity index (χ4n) is 2.82. The van der Waals surface area contributed by atoms with Crippen LogP contribution in [0.15, 0.2) is 24.3 Å². The van der Waals surface area contributed by atoms with Crippen molar-refractivity contribution in [3.63, 3.8) is 0 Å². The Bertz CT molecular complexity index is 647. The van der Waals surface area contributed by atoms with Gasteiger partial charge in [0.2, 0.25) is 5.91 Å². The van der Waals surface area contributed by atoms with Crippen molar-refractivity contribution in [1.82, 2.24) is 4.90 Å². The molecule has 25 heavy (non-hydrogen) atoms. The van der Waals surface area contributed by atoms with Crippen LogP contribution in [0.3, 0.4) is 0 Å². The minimum atomic E-state index is -4.43. The van der Waals surface area contributed by atoms with Crippen LogP contribution in [0.5, 0.6) is 5.75 Å². The van der Waals surface area contributed by atoms with Gasteiger partial charge in [0, 0.05) is 13.1 Å². The van der Waals surface area contributed by atoms with Crippen LogP contribution in [0.4, 0.5) is 13.2 Å². The maximum atomic E-state index is 12.4. The Kier molecular flexibility index (Phi) is 5.59. The highest BCUT2D eigenvalue weighted by molar-refractivity contribution is 5.81. The summed E-state index contributed by atoms with van der Waals surface area (Å²) in [5.41, 5.74) is -0.446. The second-order valence-corrected chi connectivity index (χ2v) is 6.51. The highest BCUT2D eigenvalue weighted by Crippen LogP contribution is 2.30. The molecule has 0 saturated carbocycles. The molecule has 1 saturated heterocycles. The lowest BCUT2D eigenvalue weighted by Crippen LogP contribution is -2.48. The lowest BCUT2D eigenvalue weighted by Gasteiger charge is -2.37.